The molecule has 0 saturated carbocycles. The number of alkyl halides is 3. The Labute approximate surface area is 150 Å². The van der Waals surface area contributed by atoms with Crippen molar-refractivity contribution in [2.45, 2.75) is 12.2 Å². The zero-order chi connectivity index (χ0) is 18.4. The fourth-order valence-corrected chi connectivity index (χ4v) is 2.37. The van der Waals surface area contributed by atoms with Crippen molar-refractivity contribution >= 4 is 27.9 Å². The van der Waals surface area contributed by atoms with Gasteiger partial charge >= 0.3 is 6.18 Å². The van der Waals surface area contributed by atoms with Gasteiger partial charge < -0.3 is 5.32 Å². The molecule has 1 heterocycles. The van der Waals surface area contributed by atoms with Crippen LogP contribution in [0.15, 0.2) is 58.7 Å². The minimum Gasteiger partial charge on any atom is -0.336 e. The lowest BCUT2D eigenvalue weighted by Gasteiger charge is -2.21. The van der Waals surface area contributed by atoms with Crippen LogP contribution in [0, 0.1) is 11.3 Å². The molecule has 8 heteroatoms. The number of benzene rings is 1. The van der Waals surface area contributed by atoms with Crippen molar-refractivity contribution in [2.24, 2.45) is 0 Å². The Kier molecular flexibility index (Phi) is 5.93. The first-order valence-electron chi connectivity index (χ1n) is 6.98. The first-order valence-corrected chi connectivity index (χ1v) is 7.77. The van der Waals surface area contributed by atoms with Crippen LogP contribution in [0.25, 0.3) is 6.08 Å². The number of nitriles is 1. The Bertz CT molecular complexity index is 829. The average Bonchev–Trinajstić information content (AvgIpc) is 2.57. The minimum atomic E-state index is -4.70. The number of hydrogen-bond acceptors (Lipinski definition) is 3. The molecule has 0 bridgehead atoms. The van der Waals surface area contributed by atoms with E-state index in [1.54, 1.807) is 24.3 Å². The maximum absolute atomic E-state index is 13.3. The van der Waals surface area contributed by atoms with Crippen molar-refractivity contribution < 1.29 is 18.0 Å². The summed E-state index contributed by atoms with van der Waals surface area (Å²) in [5.74, 6) is -1.13. The van der Waals surface area contributed by atoms with Crippen LogP contribution in [0.5, 0.6) is 0 Å². The molecule has 1 amide bonds. The second-order valence-electron chi connectivity index (χ2n) is 4.91. The van der Waals surface area contributed by atoms with Gasteiger partial charge in [0.15, 0.2) is 6.04 Å². The van der Waals surface area contributed by atoms with Gasteiger partial charge in [0.25, 0.3) is 5.91 Å². The zero-order valence-corrected chi connectivity index (χ0v) is 14.2. The van der Waals surface area contributed by atoms with Crippen molar-refractivity contribution in [1.82, 2.24) is 10.3 Å². The first-order chi connectivity index (χ1) is 11.8. The lowest BCUT2D eigenvalue weighted by Crippen LogP contribution is -2.38. The van der Waals surface area contributed by atoms with Gasteiger partial charge in [0, 0.05) is 0 Å². The van der Waals surface area contributed by atoms with Gasteiger partial charge in [-0.2, -0.15) is 18.4 Å². The SMILES string of the molecule is N#C/C(=C\c1cccc(Br)n1)C(=O)N[C@H](c1ccccc1)C(F)(F)F. The van der Waals surface area contributed by atoms with E-state index in [0.717, 1.165) is 6.08 Å². The van der Waals surface area contributed by atoms with E-state index in [9.17, 15) is 18.0 Å². The summed E-state index contributed by atoms with van der Waals surface area (Å²) in [4.78, 5) is 16.2. The standard InChI is InChI=1S/C17H11BrF3N3O/c18-14-8-4-7-13(23-14)9-12(10-22)16(25)24-15(17(19,20)21)11-5-2-1-3-6-11/h1-9,15H,(H,24,25)/b12-9+/t15-/m1/s1. The highest BCUT2D eigenvalue weighted by Crippen LogP contribution is 2.32. The molecule has 4 nitrogen and oxygen atoms in total. The highest BCUT2D eigenvalue weighted by Gasteiger charge is 2.42. The lowest BCUT2D eigenvalue weighted by molar-refractivity contribution is -0.162. The number of nitrogens with one attached hydrogen (secondary N) is 1. The van der Waals surface area contributed by atoms with Crippen LogP contribution in [0.4, 0.5) is 13.2 Å². The second kappa shape index (κ2) is 7.94. The van der Waals surface area contributed by atoms with E-state index < -0.39 is 23.7 Å². The molecule has 0 unspecified atom stereocenters. The molecule has 0 fully saturated rings. The largest absolute Gasteiger partial charge is 0.412 e. The highest BCUT2D eigenvalue weighted by molar-refractivity contribution is 9.10. The van der Waals surface area contributed by atoms with Crippen molar-refractivity contribution in [3.63, 3.8) is 0 Å². The van der Waals surface area contributed by atoms with E-state index in [2.05, 4.69) is 20.9 Å². The van der Waals surface area contributed by atoms with Gasteiger partial charge in [0.2, 0.25) is 0 Å². The monoisotopic (exact) mass is 409 g/mol. The van der Waals surface area contributed by atoms with Gasteiger partial charge in [-0.3, -0.25) is 4.79 Å². The third-order valence-electron chi connectivity index (χ3n) is 3.13. The van der Waals surface area contributed by atoms with E-state index >= 15 is 0 Å². The van der Waals surface area contributed by atoms with Gasteiger partial charge in [-0.15, -0.1) is 0 Å². The number of nitrogens with zero attached hydrogens (tertiary/aromatic N) is 2. The van der Waals surface area contributed by atoms with E-state index in [-0.39, 0.29) is 11.3 Å². The van der Waals surface area contributed by atoms with Crippen LogP contribution < -0.4 is 5.32 Å². The summed E-state index contributed by atoms with van der Waals surface area (Å²) in [5.41, 5.74) is -0.332. The smallest absolute Gasteiger partial charge is 0.336 e. The Hall–Kier alpha value is -2.66. The maximum atomic E-state index is 13.3. The quantitative estimate of drug-likeness (QED) is 0.468. The predicted octanol–water partition coefficient (Wildman–Crippen LogP) is 4.17. The summed E-state index contributed by atoms with van der Waals surface area (Å²) < 4.78 is 40.3. The van der Waals surface area contributed by atoms with Gasteiger partial charge in [-0.25, -0.2) is 4.98 Å². The molecule has 1 atom stereocenters. The second-order valence-corrected chi connectivity index (χ2v) is 5.73. The molecule has 25 heavy (non-hydrogen) atoms. The molecule has 2 rings (SSSR count). The molecule has 0 radical (unpaired) electrons. The van der Waals surface area contributed by atoms with E-state index in [1.807, 2.05) is 5.32 Å². The number of carbonyl (C=O) groups is 1. The molecule has 0 aliphatic heterocycles. The minimum absolute atomic E-state index is 0.124. The van der Waals surface area contributed by atoms with Crippen molar-refractivity contribution in [1.29, 1.82) is 5.26 Å². The molecule has 1 N–H and O–H groups in total. The van der Waals surface area contributed by atoms with Crippen LogP contribution >= 0.6 is 15.9 Å². The van der Waals surface area contributed by atoms with Crippen molar-refractivity contribution in [3.05, 3.63) is 70.0 Å². The van der Waals surface area contributed by atoms with Crippen LogP contribution in [0.3, 0.4) is 0 Å². The first kappa shape index (κ1) is 18.7. The molecular formula is C17H11BrF3N3O. The number of rotatable bonds is 4. The Morgan fingerprint density at radius 2 is 1.88 bits per heavy atom. The van der Waals surface area contributed by atoms with Crippen molar-refractivity contribution in [2.75, 3.05) is 0 Å². The third-order valence-corrected chi connectivity index (χ3v) is 3.57. The fraction of sp³-hybridized carbons (Fsp3) is 0.118. The molecule has 0 saturated heterocycles. The zero-order valence-electron chi connectivity index (χ0n) is 12.6. The molecule has 0 aliphatic rings. The summed E-state index contributed by atoms with van der Waals surface area (Å²) in [6.45, 7) is 0. The Morgan fingerprint density at radius 1 is 1.20 bits per heavy atom. The van der Waals surface area contributed by atoms with E-state index in [1.165, 1.54) is 30.3 Å². The predicted molar refractivity (Wildman–Crippen MR) is 88.9 cm³/mol. The van der Waals surface area contributed by atoms with Crippen LogP contribution in [-0.2, 0) is 4.79 Å². The number of carbonyl (C=O) groups excluding carboxylic acids is 1. The summed E-state index contributed by atoms with van der Waals surface area (Å²) >= 11 is 3.14. The number of hydrogen-bond donors (Lipinski definition) is 1. The van der Waals surface area contributed by atoms with Gasteiger partial charge in [0.05, 0.1) is 5.69 Å². The van der Waals surface area contributed by atoms with Crippen LogP contribution in [0.1, 0.15) is 17.3 Å². The molecule has 0 aliphatic carbocycles. The molecule has 1 aromatic heterocycles. The molecule has 1 aromatic carbocycles. The molecule has 2 aromatic rings. The normalized spacial score (nSPS) is 13.0. The molecular weight excluding hydrogens is 399 g/mol. The topological polar surface area (TPSA) is 65.8 Å². The summed E-state index contributed by atoms with van der Waals surface area (Å²) in [6, 6.07) is 11.1. The number of pyridine rings is 1. The Balaban J connectivity index is 2.29. The van der Waals surface area contributed by atoms with Gasteiger partial charge in [-0.1, -0.05) is 36.4 Å². The third kappa shape index (κ3) is 5.16. The number of aromatic nitrogens is 1. The summed E-state index contributed by atoms with van der Waals surface area (Å²) in [5, 5.41) is 11.0. The fourth-order valence-electron chi connectivity index (χ4n) is 2.01. The Morgan fingerprint density at radius 3 is 2.44 bits per heavy atom. The van der Waals surface area contributed by atoms with E-state index in [4.69, 9.17) is 5.26 Å². The summed E-state index contributed by atoms with van der Waals surface area (Å²) in [7, 11) is 0. The lowest BCUT2D eigenvalue weighted by atomic mass is 10.1. The highest BCUT2D eigenvalue weighted by atomic mass is 79.9. The average molecular weight is 410 g/mol. The van der Waals surface area contributed by atoms with Crippen LogP contribution in [0.2, 0.25) is 0 Å². The number of amides is 1. The molecule has 0 spiro atoms. The number of halogens is 4. The van der Waals surface area contributed by atoms with Gasteiger partial charge in [0.1, 0.15) is 16.2 Å². The van der Waals surface area contributed by atoms with Crippen LogP contribution in [-0.4, -0.2) is 17.1 Å². The van der Waals surface area contributed by atoms with E-state index in [0.29, 0.717) is 4.60 Å². The van der Waals surface area contributed by atoms with Crippen molar-refractivity contribution in [3.8, 4) is 6.07 Å². The van der Waals surface area contributed by atoms with Gasteiger partial charge in [-0.05, 0) is 39.7 Å². The molecule has 128 valence electrons. The maximum Gasteiger partial charge on any atom is 0.412 e. The summed E-state index contributed by atoms with van der Waals surface area (Å²) in [6.07, 6.45) is -3.58.